The topological polar surface area (TPSA) is 27.6 Å². The smallest absolute Gasteiger partial charge is 0.193 e. The lowest BCUT2D eigenvalue weighted by Gasteiger charge is -2.33. The summed E-state index contributed by atoms with van der Waals surface area (Å²) in [6.45, 7) is 2.32. The minimum Gasteiger partial charge on any atom is -0.359 e. The molecule has 1 aliphatic rings. The fourth-order valence-corrected chi connectivity index (χ4v) is 0.939. The van der Waals surface area contributed by atoms with Crippen LogP contribution in [0.4, 0.5) is 0 Å². The Bertz CT molecular complexity index is 115. The van der Waals surface area contributed by atoms with E-state index in [2.05, 4.69) is 15.2 Å². The molecule has 0 aromatic heterocycles. The highest BCUT2D eigenvalue weighted by Crippen LogP contribution is 2.04. The van der Waals surface area contributed by atoms with Gasteiger partial charge in [-0.2, -0.15) is 0 Å². The van der Waals surface area contributed by atoms with E-state index in [1.807, 2.05) is 14.1 Å². The molecule has 52 valence electrons. The number of rotatable bonds is 0. The molecule has 0 spiro atoms. The van der Waals surface area contributed by atoms with Gasteiger partial charge in [0.25, 0.3) is 0 Å². The van der Waals surface area contributed by atoms with Gasteiger partial charge in [-0.1, -0.05) is 0 Å². The van der Waals surface area contributed by atoms with E-state index in [4.69, 9.17) is 0 Å². The lowest BCUT2D eigenvalue weighted by atomic mass is 10.2. The molecule has 0 amide bonds. The number of likely N-dealkylation sites (tertiary alicyclic amines) is 1. The number of nitrogens with zero attached hydrogens (tertiary/aromatic N) is 2. The summed E-state index contributed by atoms with van der Waals surface area (Å²) in [6.07, 6.45) is 1.31. The minimum absolute atomic E-state index is 1.02. The monoisotopic (exact) mass is 127 g/mol. The van der Waals surface area contributed by atoms with E-state index >= 15 is 0 Å². The predicted octanol–water partition coefficient (Wildman–Crippen LogP) is -0.103. The number of guanidine groups is 1. The van der Waals surface area contributed by atoms with E-state index < -0.39 is 0 Å². The van der Waals surface area contributed by atoms with E-state index in [0.717, 1.165) is 19.0 Å². The van der Waals surface area contributed by atoms with Crippen LogP contribution in [0.1, 0.15) is 6.42 Å². The molecule has 0 unspecified atom stereocenters. The van der Waals surface area contributed by atoms with Gasteiger partial charge in [0.15, 0.2) is 5.96 Å². The third-order valence-corrected chi connectivity index (χ3v) is 1.59. The Balaban J connectivity index is 2.37. The van der Waals surface area contributed by atoms with Gasteiger partial charge in [-0.05, 0) is 6.42 Å². The van der Waals surface area contributed by atoms with Gasteiger partial charge in [-0.15, -0.1) is 0 Å². The fraction of sp³-hybridized carbons (Fsp3) is 0.833. The number of hydrogen-bond donors (Lipinski definition) is 1. The molecule has 0 bridgehead atoms. The van der Waals surface area contributed by atoms with Crippen LogP contribution in [0.5, 0.6) is 0 Å². The zero-order valence-corrected chi connectivity index (χ0v) is 6.02. The summed E-state index contributed by atoms with van der Waals surface area (Å²) in [5.41, 5.74) is 0. The van der Waals surface area contributed by atoms with Crippen molar-refractivity contribution in [1.82, 2.24) is 10.2 Å². The molecule has 1 fully saturated rings. The van der Waals surface area contributed by atoms with Crippen LogP contribution >= 0.6 is 0 Å². The summed E-state index contributed by atoms with van der Waals surface area (Å²) >= 11 is 0. The average Bonchev–Trinajstić information content (AvgIpc) is 1.78. The minimum atomic E-state index is 1.02. The maximum absolute atomic E-state index is 4.06. The molecule has 0 aromatic carbocycles. The standard InChI is InChI=1S/C6H13N3/c1-7-6(8-2)9-4-3-5-9/h3-5H2,1-2H3,(H,7,8). The van der Waals surface area contributed by atoms with Crippen molar-refractivity contribution >= 4 is 5.96 Å². The van der Waals surface area contributed by atoms with Crippen LogP contribution in [0.2, 0.25) is 0 Å². The fourth-order valence-electron chi connectivity index (χ4n) is 0.939. The van der Waals surface area contributed by atoms with Crippen LogP contribution in [-0.4, -0.2) is 38.0 Å². The summed E-state index contributed by atoms with van der Waals surface area (Å²) in [6, 6.07) is 0. The quantitative estimate of drug-likeness (QED) is 0.363. The highest BCUT2D eigenvalue weighted by atomic mass is 15.3. The zero-order valence-electron chi connectivity index (χ0n) is 6.02. The van der Waals surface area contributed by atoms with Gasteiger partial charge in [0.05, 0.1) is 0 Å². The van der Waals surface area contributed by atoms with E-state index in [1.54, 1.807) is 0 Å². The van der Waals surface area contributed by atoms with Gasteiger partial charge in [-0.3, -0.25) is 4.99 Å². The van der Waals surface area contributed by atoms with Crippen molar-refractivity contribution in [3.8, 4) is 0 Å². The van der Waals surface area contributed by atoms with Crippen molar-refractivity contribution in [3.63, 3.8) is 0 Å². The van der Waals surface area contributed by atoms with Crippen molar-refractivity contribution in [3.05, 3.63) is 0 Å². The molecule has 0 aromatic rings. The molecule has 1 heterocycles. The van der Waals surface area contributed by atoms with E-state index in [1.165, 1.54) is 6.42 Å². The molecular weight excluding hydrogens is 114 g/mol. The van der Waals surface area contributed by atoms with E-state index in [9.17, 15) is 0 Å². The Morgan fingerprint density at radius 1 is 1.56 bits per heavy atom. The number of nitrogens with one attached hydrogen (secondary N) is 1. The molecule has 1 saturated heterocycles. The second-order valence-electron chi connectivity index (χ2n) is 2.14. The molecule has 9 heavy (non-hydrogen) atoms. The third-order valence-electron chi connectivity index (χ3n) is 1.59. The number of aliphatic imine (C=N–C) groups is 1. The van der Waals surface area contributed by atoms with Crippen molar-refractivity contribution in [2.75, 3.05) is 27.2 Å². The second-order valence-corrected chi connectivity index (χ2v) is 2.14. The summed E-state index contributed by atoms with van der Waals surface area (Å²) in [5.74, 6) is 1.02. The SMILES string of the molecule is CN=C(NC)N1CCC1. The van der Waals surface area contributed by atoms with Crippen LogP contribution < -0.4 is 5.32 Å². The largest absolute Gasteiger partial charge is 0.359 e. The van der Waals surface area contributed by atoms with Crippen LogP contribution in [0.3, 0.4) is 0 Å². The molecule has 1 N–H and O–H groups in total. The number of hydrogen-bond acceptors (Lipinski definition) is 1. The normalized spacial score (nSPS) is 19.3. The summed E-state index contributed by atoms with van der Waals surface area (Å²) < 4.78 is 0. The molecule has 0 saturated carbocycles. The van der Waals surface area contributed by atoms with Crippen molar-refractivity contribution in [1.29, 1.82) is 0 Å². The first-order valence-corrected chi connectivity index (χ1v) is 3.28. The Morgan fingerprint density at radius 3 is 2.33 bits per heavy atom. The van der Waals surface area contributed by atoms with Gasteiger partial charge in [-0.25, -0.2) is 0 Å². The predicted molar refractivity (Wildman–Crippen MR) is 38.6 cm³/mol. The lowest BCUT2D eigenvalue weighted by molar-refractivity contribution is 0.291. The van der Waals surface area contributed by atoms with Crippen LogP contribution in [0.25, 0.3) is 0 Å². The molecule has 1 aliphatic heterocycles. The first-order chi connectivity index (χ1) is 4.38. The first-order valence-electron chi connectivity index (χ1n) is 3.28. The summed E-state index contributed by atoms with van der Waals surface area (Å²) in [7, 11) is 3.71. The molecular formula is C6H13N3. The Morgan fingerprint density at radius 2 is 2.22 bits per heavy atom. The van der Waals surface area contributed by atoms with E-state index in [-0.39, 0.29) is 0 Å². The van der Waals surface area contributed by atoms with Crippen molar-refractivity contribution < 1.29 is 0 Å². The average molecular weight is 127 g/mol. The highest BCUT2D eigenvalue weighted by molar-refractivity contribution is 5.80. The summed E-state index contributed by atoms with van der Waals surface area (Å²) in [4.78, 5) is 6.28. The van der Waals surface area contributed by atoms with Crippen LogP contribution in [0, 0.1) is 0 Å². The molecule has 3 heteroatoms. The maximum Gasteiger partial charge on any atom is 0.193 e. The van der Waals surface area contributed by atoms with Gasteiger partial charge in [0.1, 0.15) is 0 Å². The van der Waals surface area contributed by atoms with Gasteiger partial charge in [0.2, 0.25) is 0 Å². The molecule has 0 radical (unpaired) electrons. The third kappa shape index (κ3) is 1.15. The van der Waals surface area contributed by atoms with Crippen LogP contribution in [0.15, 0.2) is 4.99 Å². The van der Waals surface area contributed by atoms with Gasteiger partial charge >= 0.3 is 0 Å². The van der Waals surface area contributed by atoms with Crippen molar-refractivity contribution in [2.24, 2.45) is 4.99 Å². The second kappa shape index (κ2) is 2.71. The molecule has 3 nitrogen and oxygen atoms in total. The Hall–Kier alpha value is -0.730. The maximum atomic E-state index is 4.06. The van der Waals surface area contributed by atoms with Gasteiger partial charge < -0.3 is 10.2 Å². The Kier molecular flexibility index (Phi) is 1.92. The van der Waals surface area contributed by atoms with E-state index in [0.29, 0.717) is 0 Å². The first kappa shape index (κ1) is 6.39. The molecule has 1 rings (SSSR count). The molecule has 0 atom stereocenters. The Labute approximate surface area is 55.8 Å². The van der Waals surface area contributed by atoms with Gasteiger partial charge in [0, 0.05) is 27.2 Å². The zero-order chi connectivity index (χ0) is 6.69. The summed E-state index contributed by atoms with van der Waals surface area (Å²) in [5, 5.41) is 3.03. The highest BCUT2D eigenvalue weighted by Gasteiger charge is 2.15. The molecule has 0 aliphatic carbocycles. The lowest BCUT2D eigenvalue weighted by Crippen LogP contribution is -2.47. The van der Waals surface area contributed by atoms with Crippen molar-refractivity contribution in [2.45, 2.75) is 6.42 Å². The van der Waals surface area contributed by atoms with Crippen LogP contribution in [-0.2, 0) is 0 Å².